The molecular weight excluding hydrogens is 456 g/mol. The van der Waals surface area contributed by atoms with Gasteiger partial charge in [0, 0.05) is 12.3 Å². The molecule has 1 saturated heterocycles. The molecule has 0 bridgehead atoms. The van der Waals surface area contributed by atoms with E-state index in [1.165, 1.54) is 0 Å². The zero-order valence-electron chi connectivity index (χ0n) is 20.8. The highest BCUT2D eigenvalue weighted by Gasteiger charge is 2.47. The quantitative estimate of drug-likeness (QED) is 0.345. The Morgan fingerprint density at radius 3 is 1.92 bits per heavy atom. The van der Waals surface area contributed by atoms with Crippen LogP contribution in [0.1, 0.15) is 59.6 Å². The minimum atomic E-state index is -0.798. The van der Waals surface area contributed by atoms with Gasteiger partial charge in [-0.3, -0.25) is 0 Å². The van der Waals surface area contributed by atoms with Crippen LogP contribution in [0.25, 0.3) is 0 Å². The van der Waals surface area contributed by atoms with Crippen LogP contribution in [0.4, 0.5) is 0 Å². The van der Waals surface area contributed by atoms with Gasteiger partial charge in [-0.25, -0.2) is 9.59 Å². The van der Waals surface area contributed by atoms with Crippen molar-refractivity contribution in [2.45, 2.75) is 51.3 Å². The summed E-state index contributed by atoms with van der Waals surface area (Å²) in [6.07, 6.45) is -0.961. The fourth-order valence-electron chi connectivity index (χ4n) is 4.42. The summed E-state index contributed by atoms with van der Waals surface area (Å²) in [7, 11) is 0. The van der Waals surface area contributed by atoms with Gasteiger partial charge in [-0.15, -0.1) is 0 Å². The average molecular weight is 489 g/mol. The summed E-state index contributed by atoms with van der Waals surface area (Å²) in [6, 6.07) is 27.5. The summed E-state index contributed by atoms with van der Waals surface area (Å²) in [6.45, 7) is 5.83. The van der Waals surface area contributed by atoms with Crippen molar-refractivity contribution in [3.8, 4) is 0 Å². The maximum atomic E-state index is 13.0. The molecule has 0 saturated carbocycles. The van der Waals surface area contributed by atoms with E-state index in [1.54, 1.807) is 48.5 Å². The lowest BCUT2D eigenvalue weighted by atomic mass is 9.89. The molecule has 0 unspecified atom stereocenters. The molecule has 1 aliphatic heterocycles. The number of benzene rings is 3. The van der Waals surface area contributed by atoms with Gasteiger partial charge < -0.3 is 18.9 Å². The Bertz CT molecular complexity index is 1130. The second-order valence-electron chi connectivity index (χ2n) is 9.39. The first-order valence-corrected chi connectivity index (χ1v) is 12.2. The van der Waals surface area contributed by atoms with Crippen LogP contribution in [-0.4, -0.2) is 36.5 Å². The molecule has 0 amide bonds. The third-order valence-corrected chi connectivity index (χ3v) is 6.27. The summed E-state index contributed by atoms with van der Waals surface area (Å²) in [5, 5.41) is 0. The predicted octanol–water partition coefficient (Wildman–Crippen LogP) is 5.99. The molecule has 6 nitrogen and oxygen atoms in total. The minimum Gasteiger partial charge on any atom is -0.462 e. The Hall–Kier alpha value is -3.48. The van der Waals surface area contributed by atoms with Gasteiger partial charge in [-0.1, -0.05) is 73.7 Å². The van der Waals surface area contributed by atoms with Crippen molar-refractivity contribution in [1.29, 1.82) is 0 Å². The number of carbonyl (C=O) groups excluding carboxylic acids is 2. The molecule has 0 aliphatic carbocycles. The lowest BCUT2D eigenvalue weighted by Gasteiger charge is -2.30. The molecule has 0 aromatic heterocycles. The number of ether oxygens (including phenoxy) is 4. The first kappa shape index (κ1) is 25.6. The zero-order chi connectivity index (χ0) is 25.5. The van der Waals surface area contributed by atoms with E-state index in [-0.39, 0.29) is 24.7 Å². The van der Waals surface area contributed by atoms with Crippen molar-refractivity contribution in [2.75, 3.05) is 6.61 Å². The second-order valence-corrected chi connectivity index (χ2v) is 9.39. The van der Waals surface area contributed by atoms with E-state index >= 15 is 0 Å². The van der Waals surface area contributed by atoms with Gasteiger partial charge in [0.25, 0.3) is 0 Å². The van der Waals surface area contributed by atoms with E-state index in [4.69, 9.17) is 18.9 Å². The molecule has 0 radical (unpaired) electrons. The highest BCUT2D eigenvalue weighted by atomic mass is 16.8. The van der Waals surface area contributed by atoms with E-state index < -0.39 is 23.8 Å². The fourth-order valence-corrected chi connectivity index (χ4v) is 4.42. The Morgan fingerprint density at radius 1 is 0.806 bits per heavy atom. The summed E-state index contributed by atoms with van der Waals surface area (Å²) >= 11 is 0. The van der Waals surface area contributed by atoms with Gasteiger partial charge in [0.2, 0.25) is 0 Å². The summed E-state index contributed by atoms with van der Waals surface area (Å²) in [4.78, 5) is 25.4. The first-order valence-electron chi connectivity index (χ1n) is 12.2. The molecule has 1 fully saturated rings. The number of carbonyl (C=O) groups is 2. The monoisotopic (exact) mass is 488 g/mol. The highest BCUT2D eigenvalue weighted by Crippen LogP contribution is 2.43. The van der Waals surface area contributed by atoms with E-state index in [1.807, 2.05) is 63.2 Å². The minimum absolute atomic E-state index is 0.0950. The Labute approximate surface area is 212 Å². The number of hydrogen-bond acceptors (Lipinski definition) is 6. The molecule has 1 heterocycles. The molecule has 188 valence electrons. The maximum Gasteiger partial charge on any atom is 0.338 e. The van der Waals surface area contributed by atoms with Crippen molar-refractivity contribution in [3.05, 3.63) is 108 Å². The molecule has 3 aromatic carbocycles. The van der Waals surface area contributed by atoms with Crippen LogP contribution in [0, 0.1) is 5.92 Å². The van der Waals surface area contributed by atoms with Gasteiger partial charge in [-0.2, -0.15) is 0 Å². The van der Waals surface area contributed by atoms with E-state index in [2.05, 4.69) is 0 Å². The van der Waals surface area contributed by atoms with Gasteiger partial charge in [-0.05, 0) is 43.7 Å². The lowest BCUT2D eigenvalue weighted by molar-refractivity contribution is -0.154. The largest absolute Gasteiger partial charge is 0.462 e. The number of hydrogen-bond donors (Lipinski definition) is 0. The van der Waals surface area contributed by atoms with Crippen molar-refractivity contribution in [1.82, 2.24) is 0 Å². The fraction of sp³-hybridized carbons (Fsp3) is 0.333. The van der Waals surface area contributed by atoms with Crippen molar-refractivity contribution in [2.24, 2.45) is 5.92 Å². The molecule has 3 aromatic rings. The van der Waals surface area contributed by atoms with Crippen LogP contribution >= 0.6 is 0 Å². The van der Waals surface area contributed by atoms with E-state index in [0.29, 0.717) is 17.5 Å². The number of esters is 2. The Kier molecular flexibility index (Phi) is 8.18. The summed E-state index contributed by atoms with van der Waals surface area (Å²) < 4.78 is 24.1. The SMILES string of the molecule is C[C@H]([C@H]1OC(C)(C)O[C@@H]1c1ccccc1)[C@H](CCOC(=O)c1ccccc1)OC(=O)c1ccccc1. The van der Waals surface area contributed by atoms with Gasteiger partial charge in [0.1, 0.15) is 12.2 Å². The van der Waals surface area contributed by atoms with Gasteiger partial charge in [0.05, 0.1) is 23.8 Å². The smallest absolute Gasteiger partial charge is 0.338 e. The topological polar surface area (TPSA) is 71.1 Å². The van der Waals surface area contributed by atoms with E-state index in [9.17, 15) is 9.59 Å². The molecule has 0 spiro atoms. The zero-order valence-corrected chi connectivity index (χ0v) is 20.8. The molecule has 6 heteroatoms. The molecule has 0 N–H and O–H groups in total. The second kappa shape index (κ2) is 11.5. The molecule has 1 aliphatic rings. The molecule has 4 atom stereocenters. The van der Waals surface area contributed by atoms with Crippen LogP contribution in [0.5, 0.6) is 0 Å². The van der Waals surface area contributed by atoms with Gasteiger partial charge in [0.15, 0.2) is 5.79 Å². The third kappa shape index (κ3) is 6.39. The first-order chi connectivity index (χ1) is 17.3. The molecule has 4 rings (SSSR count). The summed E-state index contributed by atoms with van der Waals surface area (Å²) in [5.41, 5.74) is 1.92. The average Bonchev–Trinajstić information content (AvgIpc) is 3.24. The molecular formula is C30H32O6. The summed E-state index contributed by atoms with van der Waals surface area (Å²) in [5.74, 6) is -1.90. The standard InChI is InChI=1S/C30H32O6/c1-21(26-27(36-30(2,3)35-26)22-13-7-4-8-14-22)25(34-29(32)24-17-11-6-12-18-24)19-20-33-28(31)23-15-9-5-10-16-23/h4-18,21,25-27H,19-20H2,1-3H3/t21-,25-,26+,27+/m0/s1. The lowest BCUT2D eigenvalue weighted by Crippen LogP contribution is -2.37. The van der Waals surface area contributed by atoms with Crippen LogP contribution in [0.15, 0.2) is 91.0 Å². The van der Waals surface area contributed by atoms with Gasteiger partial charge >= 0.3 is 11.9 Å². The Morgan fingerprint density at radius 2 is 1.33 bits per heavy atom. The van der Waals surface area contributed by atoms with Crippen molar-refractivity contribution >= 4 is 11.9 Å². The molecule has 36 heavy (non-hydrogen) atoms. The van der Waals surface area contributed by atoms with Crippen LogP contribution in [-0.2, 0) is 18.9 Å². The highest BCUT2D eigenvalue weighted by molar-refractivity contribution is 5.89. The maximum absolute atomic E-state index is 13.0. The van der Waals surface area contributed by atoms with Crippen molar-refractivity contribution in [3.63, 3.8) is 0 Å². The van der Waals surface area contributed by atoms with Crippen LogP contribution in [0.3, 0.4) is 0 Å². The predicted molar refractivity (Wildman–Crippen MR) is 135 cm³/mol. The Balaban J connectivity index is 1.52. The van der Waals surface area contributed by atoms with Crippen LogP contribution < -0.4 is 0 Å². The van der Waals surface area contributed by atoms with E-state index in [0.717, 1.165) is 5.56 Å². The third-order valence-electron chi connectivity index (χ3n) is 6.27. The van der Waals surface area contributed by atoms with Crippen molar-refractivity contribution < 1.29 is 28.5 Å². The number of rotatable bonds is 9. The van der Waals surface area contributed by atoms with Crippen LogP contribution in [0.2, 0.25) is 0 Å². The normalized spacial score (nSPS) is 20.3.